The quantitative estimate of drug-likeness (QED) is 0.237. The lowest BCUT2D eigenvalue weighted by molar-refractivity contribution is 0.656. The minimum absolute atomic E-state index is 0.137. The summed E-state index contributed by atoms with van der Waals surface area (Å²) in [6.45, 7) is 4.71. The van der Waals surface area contributed by atoms with E-state index in [0.717, 1.165) is 11.2 Å². The Kier molecular flexibility index (Phi) is 4.35. The fraction of sp³-hybridized carbons (Fsp3) is 0.0811. The van der Waals surface area contributed by atoms with Crippen molar-refractivity contribution in [2.75, 3.05) is 0 Å². The molecule has 180 valence electrons. The smallest absolute Gasteiger partial charge is 0.143 e. The maximum absolute atomic E-state index is 6.67. The van der Waals surface area contributed by atoms with E-state index in [2.05, 4.69) is 135 Å². The molecule has 1 aliphatic rings. The molecule has 38 heavy (non-hydrogen) atoms. The van der Waals surface area contributed by atoms with Crippen molar-refractivity contribution in [1.82, 2.24) is 0 Å². The fourth-order valence-corrected chi connectivity index (χ4v) is 6.58. The first-order valence-electron chi connectivity index (χ1n) is 13.3. The summed E-state index contributed by atoms with van der Waals surface area (Å²) < 4.78 is 6.67. The number of hydrogen-bond donors (Lipinski definition) is 0. The standard InChI is InChI=1S/C37H26O/c1-37(2)32-19-15-26(23-9-5-3-6-10-23)21-30(32)28-17-13-25-14-18-29-31-22-27(24-11-7-4-8-12-24)16-20-33(31)38-36(29)34(25)35(28)37/h3-22H,1-2H3. The van der Waals surface area contributed by atoms with Gasteiger partial charge in [0.1, 0.15) is 11.2 Å². The van der Waals surface area contributed by atoms with Crippen LogP contribution in [-0.2, 0) is 5.41 Å². The molecule has 0 atom stereocenters. The molecule has 6 aromatic carbocycles. The van der Waals surface area contributed by atoms with Gasteiger partial charge < -0.3 is 4.42 Å². The second-order valence-electron chi connectivity index (χ2n) is 11.0. The van der Waals surface area contributed by atoms with Gasteiger partial charge in [-0.2, -0.15) is 0 Å². The van der Waals surface area contributed by atoms with E-state index in [4.69, 9.17) is 4.42 Å². The van der Waals surface area contributed by atoms with Crippen LogP contribution in [0.15, 0.2) is 126 Å². The van der Waals surface area contributed by atoms with Crippen molar-refractivity contribution in [2.45, 2.75) is 19.3 Å². The van der Waals surface area contributed by atoms with Gasteiger partial charge in [0.05, 0.1) is 0 Å². The van der Waals surface area contributed by atoms with Crippen molar-refractivity contribution in [3.05, 3.63) is 132 Å². The second kappa shape index (κ2) is 7.69. The maximum Gasteiger partial charge on any atom is 0.143 e. The minimum atomic E-state index is -0.137. The topological polar surface area (TPSA) is 13.1 Å². The zero-order chi connectivity index (χ0) is 25.4. The van der Waals surface area contributed by atoms with Gasteiger partial charge in [-0.25, -0.2) is 0 Å². The predicted molar refractivity (Wildman–Crippen MR) is 160 cm³/mol. The van der Waals surface area contributed by atoms with Crippen molar-refractivity contribution in [1.29, 1.82) is 0 Å². The van der Waals surface area contributed by atoms with Gasteiger partial charge in [-0.05, 0) is 74.2 Å². The normalized spacial score (nSPS) is 13.7. The first-order chi connectivity index (χ1) is 18.6. The van der Waals surface area contributed by atoms with E-state index >= 15 is 0 Å². The Morgan fingerprint density at radius 2 is 1.18 bits per heavy atom. The molecule has 1 heteroatoms. The molecule has 1 nitrogen and oxygen atoms in total. The van der Waals surface area contributed by atoms with Crippen LogP contribution in [0.2, 0.25) is 0 Å². The van der Waals surface area contributed by atoms with E-state index in [0.29, 0.717) is 0 Å². The van der Waals surface area contributed by atoms with Crippen molar-refractivity contribution in [3.8, 4) is 33.4 Å². The van der Waals surface area contributed by atoms with Gasteiger partial charge in [-0.1, -0.05) is 111 Å². The highest BCUT2D eigenvalue weighted by Gasteiger charge is 2.38. The van der Waals surface area contributed by atoms with Gasteiger partial charge in [0.15, 0.2) is 0 Å². The van der Waals surface area contributed by atoms with Crippen LogP contribution in [0, 0.1) is 0 Å². The van der Waals surface area contributed by atoms with Crippen molar-refractivity contribution >= 4 is 32.7 Å². The number of hydrogen-bond acceptors (Lipinski definition) is 1. The van der Waals surface area contributed by atoms with Gasteiger partial charge in [-0.3, -0.25) is 0 Å². The van der Waals surface area contributed by atoms with E-state index < -0.39 is 0 Å². The Bertz CT molecular complexity index is 2030. The van der Waals surface area contributed by atoms with Crippen molar-refractivity contribution in [3.63, 3.8) is 0 Å². The Morgan fingerprint density at radius 3 is 1.92 bits per heavy atom. The zero-order valence-corrected chi connectivity index (χ0v) is 21.5. The van der Waals surface area contributed by atoms with Gasteiger partial charge in [0, 0.05) is 21.6 Å². The predicted octanol–water partition coefficient (Wildman–Crippen LogP) is 10.4. The summed E-state index contributed by atoms with van der Waals surface area (Å²) in [6, 6.07) is 43.8. The van der Waals surface area contributed by atoms with Crippen LogP contribution in [0.1, 0.15) is 25.0 Å². The molecule has 1 heterocycles. The largest absolute Gasteiger partial charge is 0.455 e. The third-order valence-electron chi connectivity index (χ3n) is 8.44. The molecular weight excluding hydrogens is 460 g/mol. The zero-order valence-electron chi connectivity index (χ0n) is 21.5. The number of benzene rings is 6. The monoisotopic (exact) mass is 486 g/mol. The highest BCUT2D eigenvalue weighted by Crippen LogP contribution is 2.53. The Labute approximate surface area is 222 Å². The average Bonchev–Trinajstić information content (AvgIpc) is 3.45. The molecule has 0 bridgehead atoms. The fourth-order valence-electron chi connectivity index (χ4n) is 6.58. The first-order valence-corrected chi connectivity index (χ1v) is 13.3. The van der Waals surface area contributed by atoms with Crippen molar-refractivity contribution < 1.29 is 4.42 Å². The van der Waals surface area contributed by atoms with Gasteiger partial charge in [0.2, 0.25) is 0 Å². The van der Waals surface area contributed by atoms with Crippen LogP contribution in [0.25, 0.3) is 66.1 Å². The van der Waals surface area contributed by atoms with Crippen LogP contribution in [0.3, 0.4) is 0 Å². The Hall–Kier alpha value is -4.62. The molecule has 0 radical (unpaired) electrons. The minimum Gasteiger partial charge on any atom is -0.455 e. The molecule has 0 spiro atoms. The SMILES string of the molecule is CC1(C)c2ccc(-c3ccccc3)cc2-c2ccc3ccc4c5cc(-c6ccccc6)ccc5oc4c3c21. The maximum atomic E-state index is 6.67. The van der Waals surface area contributed by atoms with Gasteiger partial charge in [0.25, 0.3) is 0 Å². The lowest BCUT2D eigenvalue weighted by atomic mass is 9.79. The van der Waals surface area contributed by atoms with Gasteiger partial charge >= 0.3 is 0 Å². The lowest BCUT2D eigenvalue weighted by Gasteiger charge is -2.23. The van der Waals surface area contributed by atoms with E-state index in [1.54, 1.807) is 0 Å². The highest BCUT2D eigenvalue weighted by molar-refractivity contribution is 6.18. The second-order valence-corrected chi connectivity index (χ2v) is 11.0. The van der Waals surface area contributed by atoms with Crippen LogP contribution >= 0.6 is 0 Å². The lowest BCUT2D eigenvalue weighted by Crippen LogP contribution is -2.15. The summed E-state index contributed by atoms with van der Waals surface area (Å²) in [6.07, 6.45) is 0. The number of fused-ring (bicyclic) bond motifs is 9. The molecule has 1 aliphatic carbocycles. The summed E-state index contributed by atoms with van der Waals surface area (Å²) in [5.41, 5.74) is 12.1. The van der Waals surface area contributed by atoms with Crippen LogP contribution in [0.5, 0.6) is 0 Å². The Morgan fingerprint density at radius 1 is 0.526 bits per heavy atom. The van der Waals surface area contributed by atoms with E-state index in [1.165, 1.54) is 66.1 Å². The Balaban J connectivity index is 1.40. The summed E-state index contributed by atoms with van der Waals surface area (Å²) in [7, 11) is 0. The molecule has 0 fully saturated rings. The average molecular weight is 487 g/mol. The van der Waals surface area contributed by atoms with Crippen LogP contribution in [0.4, 0.5) is 0 Å². The van der Waals surface area contributed by atoms with Crippen LogP contribution < -0.4 is 0 Å². The van der Waals surface area contributed by atoms with E-state index in [1.807, 2.05) is 0 Å². The van der Waals surface area contributed by atoms with Crippen molar-refractivity contribution in [2.24, 2.45) is 0 Å². The summed E-state index contributed by atoms with van der Waals surface area (Å²) in [4.78, 5) is 0. The molecule has 0 saturated heterocycles. The molecule has 0 unspecified atom stereocenters. The molecule has 0 amide bonds. The summed E-state index contributed by atoms with van der Waals surface area (Å²) in [5, 5.41) is 4.80. The highest BCUT2D eigenvalue weighted by atomic mass is 16.3. The van der Waals surface area contributed by atoms with Gasteiger partial charge in [-0.15, -0.1) is 0 Å². The summed E-state index contributed by atoms with van der Waals surface area (Å²) >= 11 is 0. The molecule has 7 aromatic rings. The van der Waals surface area contributed by atoms with E-state index in [-0.39, 0.29) is 5.41 Å². The number of furan rings is 1. The third kappa shape index (κ3) is 2.93. The molecule has 0 saturated carbocycles. The molecule has 0 N–H and O–H groups in total. The van der Waals surface area contributed by atoms with Crippen LogP contribution in [-0.4, -0.2) is 0 Å². The summed E-state index contributed by atoms with van der Waals surface area (Å²) in [5.74, 6) is 0. The molecule has 8 rings (SSSR count). The van der Waals surface area contributed by atoms with E-state index in [9.17, 15) is 0 Å². The molecule has 0 aliphatic heterocycles. The molecular formula is C37H26O. The first kappa shape index (κ1) is 21.5. The molecule has 1 aromatic heterocycles. The number of rotatable bonds is 2. The third-order valence-corrected chi connectivity index (χ3v) is 8.44.